The molecule has 1 aliphatic rings. The second kappa shape index (κ2) is 4.19. The molecule has 2 aromatic heterocycles. The third-order valence-corrected chi connectivity index (χ3v) is 4.11. The van der Waals surface area contributed by atoms with Crippen LogP contribution >= 0.6 is 11.5 Å². The first-order valence-corrected chi connectivity index (χ1v) is 6.49. The first-order valence-electron chi connectivity index (χ1n) is 5.72. The summed E-state index contributed by atoms with van der Waals surface area (Å²) in [5.74, 6) is 1.34. The zero-order chi connectivity index (χ0) is 11.8. The fourth-order valence-electron chi connectivity index (χ4n) is 2.32. The number of hydrogen-bond donors (Lipinski definition) is 1. The summed E-state index contributed by atoms with van der Waals surface area (Å²) in [6, 6.07) is 0. The fraction of sp³-hybridized carbons (Fsp3) is 0.545. The maximum atomic E-state index is 9.19. The molecule has 1 N–H and O–H groups in total. The van der Waals surface area contributed by atoms with Crippen LogP contribution in [-0.2, 0) is 0 Å². The van der Waals surface area contributed by atoms with Gasteiger partial charge in [-0.3, -0.25) is 0 Å². The van der Waals surface area contributed by atoms with Crippen molar-refractivity contribution >= 4 is 27.6 Å². The largest absolute Gasteiger partial charge is 0.396 e. The Balaban J connectivity index is 2.03. The Morgan fingerprint density at radius 3 is 3.18 bits per heavy atom. The monoisotopic (exact) mass is 250 g/mol. The Labute approximate surface area is 103 Å². The predicted octanol–water partition coefficient (Wildman–Crippen LogP) is 1.21. The number of rotatable bonds is 2. The average Bonchev–Trinajstić information content (AvgIpc) is 2.96. The van der Waals surface area contributed by atoms with Gasteiger partial charge in [0, 0.05) is 25.6 Å². The number of hydrogen-bond acceptors (Lipinski definition) is 6. The van der Waals surface area contributed by atoms with Crippen molar-refractivity contribution in [1.82, 2.24) is 14.3 Å². The number of nitrogens with zero attached hydrogens (tertiary/aromatic N) is 4. The zero-order valence-electron chi connectivity index (χ0n) is 9.63. The van der Waals surface area contributed by atoms with E-state index >= 15 is 0 Å². The molecule has 90 valence electrons. The van der Waals surface area contributed by atoms with E-state index < -0.39 is 0 Å². The lowest BCUT2D eigenvalue weighted by atomic mass is 10.1. The molecular weight excluding hydrogens is 236 g/mol. The third-order valence-electron chi connectivity index (χ3n) is 3.27. The van der Waals surface area contributed by atoms with E-state index in [2.05, 4.69) is 19.2 Å². The lowest BCUT2D eigenvalue weighted by molar-refractivity contribution is 0.238. The lowest BCUT2D eigenvalue weighted by Gasteiger charge is -2.17. The molecule has 1 unspecified atom stereocenters. The molecule has 1 fully saturated rings. The van der Waals surface area contributed by atoms with E-state index in [-0.39, 0.29) is 6.61 Å². The SMILES string of the molecule is Cc1nsc2ncnc(N3CCC(CO)C3)c12. The molecule has 0 aliphatic carbocycles. The van der Waals surface area contributed by atoms with Crippen molar-refractivity contribution in [2.45, 2.75) is 13.3 Å². The molecule has 0 saturated carbocycles. The van der Waals surface area contributed by atoms with Gasteiger partial charge in [0.05, 0.1) is 11.1 Å². The van der Waals surface area contributed by atoms with Crippen LogP contribution in [0.1, 0.15) is 12.1 Å². The Morgan fingerprint density at radius 1 is 1.53 bits per heavy atom. The maximum absolute atomic E-state index is 9.19. The number of aromatic nitrogens is 3. The predicted molar refractivity (Wildman–Crippen MR) is 67.4 cm³/mol. The summed E-state index contributed by atoms with van der Waals surface area (Å²) >= 11 is 1.42. The van der Waals surface area contributed by atoms with Crippen molar-refractivity contribution in [3.63, 3.8) is 0 Å². The number of aryl methyl sites for hydroxylation is 1. The summed E-state index contributed by atoms with van der Waals surface area (Å²) in [5.41, 5.74) is 0.994. The molecule has 0 aromatic carbocycles. The first kappa shape index (κ1) is 10.9. The molecule has 1 atom stereocenters. The Kier molecular flexibility index (Phi) is 2.68. The molecule has 6 heteroatoms. The van der Waals surface area contributed by atoms with Gasteiger partial charge in [-0.2, -0.15) is 4.37 Å². The molecule has 2 aromatic rings. The van der Waals surface area contributed by atoms with E-state index in [1.54, 1.807) is 6.33 Å². The van der Waals surface area contributed by atoms with Crippen LogP contribution in [0.15, 0.2) is 6.33 Å². The average molecular weight is 250 g/mol. The first-order chi connectivity index (χ1) is 8.29. The molecule has 17 heavy (non-hydrogen) atoms. The van der Waals surface area contributed by atoms with Gasteiger partial charge >= 0.3 is 0 Å². The van der Waals surface area contributed by atoms with Gasteiger partial charge in [-0.1, -0.05) is 0 Å². The minimum absolute atomic E-state index is 0.256. The van der Waals surface area contributed by atoms with Gasteiger partial charge in [0.25, 0.3) is 0 Å². The van der Waals surface area contributed by atoms with Crippen LogP contribution in [0.3, 0.4) is 0 Å². The lowest BCUT2D eigenvalue weighted by Crippen LogP contribution is -2.22. The van der Waals surface area contributed by atoms with Crippen LogP contribution in [0.5, 0.6) is 0 Å². The van der Waals surface area contributed by atoms with Gasteiger partial charge in [-0.15, -0.1) is 0 Å². The number of fused-ring (bicyclic) bond motifs is 1. The molecule has 3 rings (SSSR count). The Bertz CT molecular complexity index is 541. The summed E-state index contributed by atoms with van der Waals surface area (Å²) in [5, 5.41) is 10.3. The van der Waals surface area contributed by atoms with Crippen molar-refractivity contribution in [2.24, 2.45) is 5.92 Å². The minimum Gasteiger partial charge on any atom is -0.396 e. The number of aliphatic hydroxyl groups is 1. The minimum atomic E-state index is 0.256. The summed E-state index contributed by atoms with van der Waals surface area (Å²) in [6.45, 7) is 4.07. The van der Waals surface area contributed by atoms with Crippen molar-refractivity contribution in [2.75, 3.05) is 24.6 Å². The fourth-order valence-corrected chi connectivity index (χ4v) is 3.06. The second-order valence-corrected chi connectivity index (χ2v) is 5.18. The van der Waals surface area contributed by atoms with Gasteiger partial charge < -0.3 is 10.0 Å². The highest BCUT2D eigenvalue weighted by molar-refractivity contribution is 7.13. The maximum Gasteiger partial charge on any atom is 0.149 e. The highest BCUT2D eigenvalue weighted by atomic mass is 32.1. The van der Waals surface area contributed by atoms with E-state index in [1.165, 1.54) is 11.5 Å². The van der Waals surface area contributed by atoms with Crippen molar-refractivity contribution in [1.29, 1.82) is 0 Å². The molecule has 5 nitrogen and oxygen atoms in total. The van der Waals surface area contributed by atoms with Crippen LogP contribution in [0.25, 0.3) is 10.2 Å². The van der Waals surface area contributed by atoms with Crippen LogP contribution in [0, 0.1) is 12.8 Å². The van der Waals surface area contributed by atoms with Crippen LogP contribution in [0.2, 0.25) is 0 Å². The molecule has 0 radical (unpaired) electrons. The highest BCUT2D eigenvalue weighted by Gasteiger charge is 2.25. The Morgan fingerprint density at radius 2 is 2.41 bits per heavy atom. The highest BCUT2D eigenvalue weighted by Crippen LogP contribution is 2.31. The number of anilines is 1. The molecule has 0 amide bonds. The molecule has 0 spiro atoms. The van der Waals surface area contributed by atoms with E-state index in [4.69, 9.17) is 0 Å². The Hall–Kier alpha value is -1.27. The third kappa shape index (κ3) is 1.77. The molecule has 1 aliphatic heterocycles. The zero-order valence-corrected chi connectivity index (χ0v) is 10.4. The van der Waals surface area contributed by atoms with Crippen molar-refractivity contribution < 1.29 is 5.11 Å². The van der Waals surface area contributed by atoms with Crippen molar-refractivity contribution in [3.05, 3.63) is 12.0 Å². The van der Waals surface area contributed by atoms with Crippen LogP contribution < -0.4 is 4.90 Å². The molecule has 1 saturated heterocycles. The quantitative estimate of drug-likeness (QED) is 0.868. The smallest absolute Gasteiger partial charge is 0.149 e. The van der Waals surface area contributed by atoms with Gasteiger partial charge in [0.1, 0.15) is 17.0 Å². The van der Waals surface area contributed by atoms with E-state index in [0.29, 0.717) is 5.92 Å². The van der Waals surface area contributed by atoms with E-state index in [1.807, 2.05) is 6.92 Å². The van der Waals surface area contributed by atoms with Gasteiger partial charge in [-0.05, 0) is 24.9 Å². The topological polar surface area (TPSA) is 62.1 Å². The molecule has 3 heterocycles. The normalized spacial score (nSPS) is 20.4. The standard InChI is InChI=1S/C11H14N4OS/c1-7-9-10(12-6-13-11(9)17-14-7)15-3-2-8(4-15)5-16/h6,8,16H,2-5H2,1H3. The van der Waals surface area contributed by atoms with E-state index in [9.17, 15) is 5.11 Å². The van der Waals surface area contributed by atoms with Gasteiger partial charge in [0.15, 0.2) is 0 Å². The summed E-state index contributed by atoms with van der Waals surface area (Å²) in [4.78, 5) is 11.8. The van der Waals surface area contributed by atoms with Crippen LogP contribution in [-0.4, -0.2) is 39.1 Å². The van der Waals surface area contributed by atoms with Gasteiger partial charge in [0.2, 0.25) is 0 Å². The van der Waals surface area contributed by atoms with Crippen LogP contribution in [0.4, 0.5) is 5.82 Å². The van der Waals surface area contributed by atoms with Gasteiger partial charge in [-0.25, -0.2) is 9.97 Å². The van der Waals surface area contributed by atoms with Crippen molar-refractivity contribution in [3.8, 4) is 0 Å². The molecule has 0 bridgehead atoms. The summed E-state index contributed by atoms with van der Waals surface area (Å²) in [6.07, 6.45) is 2.63. The number of aliphatic hydroxyl groups excluding tert-OH is 1. The van der Waals surface area contributed by atoms with E-state index in [0.717, 1.165) is 41.2 Å². The summed E-state index contributed by atoms with van der Waals surface area (Å²) < 4.78 is 4.33. The second-order valence-electron chi connectivity index (χ2n) is 4.43. The summed E-state index contributed by atoms with van der Waals surface area (Å²) in [7, 11) is 0. The molecular formula is C11H14N4OS.